The fourth-order valence-electron chi connectivity index (χ4n) is 5.06. The van der Waals surface area contributed by atoms with Gasteiger partial charge in [-0.3, -0.25) is 4.79 Å². The van der Waals surface area contributed by atoms with E-state index in [2.05, 4.69) is 15.4 Å². The third-order valence-corrected chi connectivity index (χ3v) is 8.15. The maximum absolute atomic E-state index is 13.6. The minimum atomic E-state index is -3.94. The normalized spacial score (nSPS) is 29.4. The Bertz CT molecular complexity index is 1030. The molecule has 3 saturated heterocycles. The number of halogens is 2. The van der Waals surface area contributed by atoms with E-state index in [1.165, 1.54) is 10.5 Å². The second-order valence-corrected chi connectivity index (χ2v) is 9.36. The number of hydrogen-bond donors (Lipinski definition) is 1. The van der Waals surface area contributed by atoms with Gasteiger partial charge >= 0.3 is 0 Å². The maximum Gasteiger partial charge on any atom is 0.276 e. The molecule has 2 aromatic rings. The van der Waals surface area contributed by atoms with Crippen molar-refractivity contribution in [2.75, 3.05) is 13.1 Å². The highest BCUT2D eigenvalue weighted by Crippen LogP contribution is 2.51. The lowest BCUT2D eigenvalue weighted by molar-refractivity contribution is 0.0767. The van der Waals surface area contributed by atoms with Crippen molar-refractivity contribution in [2.24, 2.45) is 11.8 Å². The molecule has 4 heterocycles. The molecule has 148 valence electrons. The van der Waals surface area contributed by atoms with Crippen molar-refractivity contribution in [3.63, 3.8) is 0 Å². The fourth-order valence-corrected chi connectivity index (χ4v) is 7.04. The quantitative estimate of drug-likeness (QED) is 0.816. The highest BCUT2D eigenvalue weighted by atomic mass is 32.2. The van der Waals surface area contributed by atoms with E-state index >= 15 is 0 Å². The van der Waals surface area contributed by atoms with E-state index in [1.54, 1.807) is 4.90 Å². The van der Waals surface area contributed by atoms with Crippen molar-refractivity contribution >= 4 is 15.9 Å². The molecule has 1 aromatic carbocycles. The monoisotopic (exact) mass is 409 g/mol. The molecule has 5 rings (SSSR count). The van der Waals surface area contributed by atoms with Crippen LogP contribution in [0.25, 0.3) is 0 Å². The number of carbonyl (C=O) groups excluding carboxylic acids is 1. The van der Waals surface area contributed by atoms with E-state index < -0.39 is 21.7 Å². The average Bonchev–Trinajstić information content (AvgIpc) is 3.43. The number of fused-ring (bicyclic) bond motifs is 5. The zero-order chi connectivity index (χ0) is 19.6. The Morgan fingerprint density at radius 2 is 1.79 bits per heavy atom. The summed E-state index contributed by atoms with van der Waals surface area (Å²) < 4.78 is 54.5. The lowest BCUT2D eigenvalue weighted by Gasteiger charge is -2.26. The smallest absolute Gasteiger partial charge is 0.276 e. The van der Waals surface area contributed by atoms with Crippen LogP contribution in [-0.4, -0.2) is 64.1 Å². The number of carbonyl (C=O) groups is 1. The third-order valence-electron chi connectivity index (χ3n) is 6.20. The van der Waals surface area contributed by atoms with E-state index in [0.717, 1.165) is 18.2 Å². The molecule has 1 N–H and O–H groups in total. The average molecular weight is 409 g/mol. The number of hydrogen-bond acceptors (Lipinski definition) is 5. The molecule has 11 heteroatoms. The third kappa shape index (κ3) is 2.42. The van der Waals surface area contributed by atoms with Crippen LogP contribution in [0.2, 0.25) is 0 Å². The molecule has 3 aliphatic heterocycles. The summed E-state index contributed by atoms with van der Waals surface area (Å²) in [5.41, 5.74) is 0.235. The largest absolute Gasteiger partial charge is 0.336 e. The molecule has 1 aromatic heterocycles. The predicted molar refractivity (Wildman–Crippen MR) is 91.5 cm³/mol. The van der Waals surface area contributed by atoms with Crippen molar-refractivity contribution in [3.05, 3.63) is 41.7 Å². The summed E-state index contributed by atoms with van der Waals surface area (Å²) in [6.45, 7) is 0.892. The zero-order valence-electron chi connectivity index (χ0n) is 14.6. The van der Waals surface area contributed by atoms with E-state index in [1.807, 2.05) is 0 Å². The number of benzene rings is 1. The Morgan fingerprint density at radius 3 is 2.36 bits per heavy atom. The molecule has 0 radical (unpaired) electrons. The van der Waals surface area contributed by atoms with Crippen molar-refractivity contribution in [1.82, 2.24) is 24.6 Å². The number of aromatic amines is 1. The highest BCUT2D eigenvalue weighted by Gasteiger charge is 2.60. The van der Waals surface area contributed by atoms with Crippen LogP contribution in [-0.2, 0) is 10.0 Å². The summed E-state index contributed by atoms with van der Waals surface area (Å²) in [7, 11) is -3.94. The summed E-state index contributed by atoms with van der Waals surface area (Å²) in [6.07, 6.45) is 2.76. The van der Waals surface area contributed by atoms with Crippen LogP contribution >= 0.6 is 0 Å². The number of nitrogens with zero attached hydrogens (tertiary/aromatic N) is 4. The van der Waals surface area contributed by atoms with E-state index in [9.17, 15) is 22.0 Å². The van der Waals surface area contributed by atoms with E-state index in [4.69, 9.17) is 0 Å². The molecule has 28 heavy (non-hydrogen) atoms. The van der Waals surface area contributed by atoms with Gasteiger partial charge in [0.2, 0.25) is 10.0 Å². The van der Waals surface area contributed by atoms with Crippen LogP contribution in [0.15, 0.2) is 29.3 Å². The molecule has 4 atom stereocenters. The first kappa shape index (κ1) is 17.7. The van der Waals surface area contributed by atoms with Gasteiger partial charge in [-0.05, 0) is 42.9 Å². The second-order valence-electron chi connectivity index (χ2n) is 7.52. The van der Waals surface area contributed by atoms with Gasteiger partial charge in [0.25, 0.3) is 5.91 Å². The van der Waals surface area contributed by atoms with Crippen LogP contribution < -0.4 is 0 Å². The van der Waals surface area contributed by atoms with Crippen molar-refractivity contribution in [3.8, 4) is 0 Å². The summed E-state index contributed by atoms with van der Waals surface area (Å²) in [5.74, 6) is -2.44. The van der Waals surface area contributed by atoms with Gasteiger partial charge in [0.15, 0.2) is 17.3 Å². The zero-order valence-corrected chi connectivity index (χ0v) is 15.4. The number of nitrogens with one attached hydrogen (secondary N) is 1. The molecular weight excluding hydrogens is 392 g/mol. The number of sulfonamides is 1. The first-order valence-corrected chi connectivity index (χ1v) is 10.5. The minimum absolute atomic E-state index is 0.0228. The van der Waals surface area contributed by atoms with Gasteiger partial charge in [0.05, 0.1) is 11.1 Å². The molecule has 0 unspecified atom stereocenters. The lowest BCUT2D eigenvalue weighted by Crippen LogP contribution is -2.41. The van der Waals surface area contributed by atoms with Crippen LogP contribution in [0.1, 0.15) is 23.3 Å². The summed E-state index contributed by atoms with van der Waals surface area (Å²) in [5, 5.41) is 9.89. The van der Waals surface area contributed by atoms with E-state index in [0.29, 0.717) is 25.9 Å². The summed E-state index contributed by atoms with van der Waals surface area (Å²) in [4.78, 5) is 14.0. The van der Waals surface area contributed by atoms with Gasteiger partial charge in [0, 0.05) is 25.2 Å². The van der Waals surface area contributed by atoms with Crippen molar-refractivity contribution in [2.45, 2.75) is 29.8 Å². The topological polar surface area (TPSA) is 99.3 Å². The highest BCUT2D eigenvalue weighted by molar-refractivity contribution is 7.89. The maximum atomic E-state index is 13.6. The molecule has 8 nitrogen and oxygen atoms in total. The second kappa shape index (κ2) is 6.05. The van der Waals surface area contributed by atoms with Gasteiger partial charge in [-0.1, -0.05) is 0 Å². The van der Waals surface area contributed by atoms with Crippen LogP contribution in [0.3, 0.4) is 0 Å². The number of amides is 1. The summed E-state index contributed by atoms with van der Waals surface area (Å²) in [6, 6.07) is 2.17. The molecule has 0 saturated carbocycles. The molecular formula is C17H17F2N5O3S. The first-order chi connectivity index (χ1) is 13.4. The Morgan fingerprint density at radius 1 is 1.11 bits per heavy atom. The van der Waals surface area contributed by atoms with Crippen molar-refractivity contribution in [1.29, 1.82) is 0 Å². The van der Waals surface area contributed by atoms with Crippen LogP contribution in [0.5, 0.6) is 0 Å². The molecule has 3 fully saturated rings. The number of rotatable bonds is 3. The lowest BCUT2D eigenvalue weighted by atomic mass is 9.82. The van der Waals surface area contributed by atoms with Gasteiger partial charge in [-0.2, -0.15) is 19.7 Å². The molecule has 2 bridgehead atoms. The Labute approximate surface area is 159 Å². The van der Waals surface area contributed by atoms with Gasteiger partial charge in [0.1, 0.15) is 0 Å². The van der Waals surface area contributed by atoms with Gasteiger partial charge < -0.3 is 4.90 Å². The molecule has 0 spiro atoms. The Kier molecular flexibility index (Phi) is 3.82. The minimum Gasteiger partial charge on any atom is -0.336 e. The Hall–Kier alpha value is -2.40. The summed E-state index contributed by atoms with van der Waals surface area (Å²) >= 11 is 0. The number of likely N-dealkylation sites (tertiary alicyclic amines) is 1. The number of aromatic nitrogens is 3. The van der Waals surface area contributed by atoms with Crippen molar-refractivity contribution < 1.29 is 22.0 Å². The first-order valence-electron chi connectivity index (χ1n) is 9.01. The molecule has 3 aliphatic rings. The van der Waals surface area contributed by atoms with Gasteiger partial charge in [-0.25, -0.2) is 17.2 Å². The van der Waals surface area contributed by atoms with Gasteiger partial charge in [-0.15, -0.1) is 0 Å². The van der Waals surface area contributed by atoms with Crippen LogP contribution in [0, 0.1) is 23.5 Å². The fraction of sp³-hybridized carbons (Fsp3) is 0.471. The van der Waals surface area contributed by atoms with Crippen LogP contribution in [0.4, 0.5) is 8.78 Å². The molecule has 1 amide bonds. The Balaban J connectivity index is 1.41. The number of H-pyrrole nitrogens is 1. The van der Waals surface area contributed by atoms with E-state index in [-0.39, 0.29) is 40.4 Å². The standard InChI is InChI=1S/C17H17F2N5O3S/c18-12-2-1-9(5-13(12)19)28(26,27)24-15-3-4-16(24)11-8-23(7-10(11)15)17(25)14-6-20-22-21-14/h1-2,5-6,10-11,15-16H,3-4,7-8H2,(H,20,21,22)/t10-,11+,15-,16+. The molecule has 0 aliphatic carbocycles. The SMILES string of the molecule is O=C(c1cn[nH]n1)N1C[C@@H]2[C@H](C1)[C@@H]1CC[C@H]2N1S(=O)(=O)c1ccc(F)c(F)c1. The predicted octanol–water partition coefficient (Wildman–Crippen LogP) is 1.01.